The molecular formula is C15H20N2O2S. The minimum atomic E-state index is -0.0747. The van der Waals surface area contributed by atoms with Gasteiger partial charge in [0.2, 0.25) is 0 Å². The van der Waals surface area contributed by atoms with Crippen molar-refractivity contribution >= 4 is 28.6 Å². The summed E-state index contributed by atoms with van der Waals surface area (Å²) in [5, 5.41) is 13.0. The smallest absolute Gasteiger partial charge is 0.252 e. The number of aromatic nitrogens is 1. The van der Waals surface area contributed by atoms with E-state index >= 15 is 0 Å². The van der Waals surface area contributed by atoms with E-state index in [0.717, 1.165) is 16.7 Å². The van der Waals surface area contributed by atoms with E-state index in [4.69, 9.17) is 5.11 Å². The molecule has 0 spiro atoms. The number of carbonyl (C=O) groups is 1. The van der Waals surface area contributed by atoms with Gasteiger partial charge in [0.15, 0.2) is 0 Å². The fraction of sp³-hybridized carbons (Fsp3) is 0.400. The van der Waals surface area contributed by atoms with Crippen molar-refractivity contribution in [3.63, 3.8) is 0 Å². The van der Waals surface area contributed by atoms with Crippen LogP contribution in [-0.2, 0) is 7.05 Å². The van der Waals surface area contributed by atoms with Crippen LogP contribution in [0.4, 0.5) is 0 Å². The normalized spacial score (nSPS) is 12.6. The fourth-order valence-corrected chi connectivity index (χ4v) is 2.97. The summed E-state index contributed by atoms with van der Waals surface area (Å²) in [5.41, 5.74) is 1.73. The Morgan fingerprint density at radius 1 is 1.45 bits per heavy atom. The third-order valence-electron chi connectivity index (χ3n) is 3.35. The number of nitrogens with zero attached hydrogens (tertiary/aromatic N) is 1. The zero-order valence-electron chi connectivity index (χ0n) is 11.8. The standard InChI is InChI=1S/C15H20N2O2S/c1-17-8-6-12-13(4-3-5-14(12)17)15(19)16-11(7-9-18)10-20-2/h3-6,8,11,18H,7,9-10H2,1-2H3,(H,16,19). The van der Waals surface area contributed by atoms with Gasteiger partial charge < -0.3 is 15.0 Å². The summed E-state index contributed by atoms with van der Waals surface area (Å²) in [4.78, 5) is 12.4. The van der Waals surface area contributed by atoms with Crippen LogP contribution in [0, 0.1) is 0 Å². The third-order valence-corrected chi connectivity index (χ3v) is 4.09. The van der Waals surface area contributed by atoms with Crippen LogP contribution in [0.25, 0.3) is 10.9 Å². The second kappa shape index (κ2) is 6.81. The molecule has 0 saturated heterocycles. The molecule has 108 valence electrons. The number of aliphatic hydroxyl groups excluding tert-OH is 1. The number of nitrogens with one attached hydrogen (secondary N) is 1. The zero-order chi connectivity index (χ0) is 14.5. The van der Waals surface area contributed by atoms with E-state index in [9.17, 15) is 4.79 Å². The van der Waals surface area contributed by atoms with Crippen LogP contribution in [0.3, 0.4) is 0 Å². The lowest BCUT2D eigenvalue weighted by Gasteiger charge is -2.17. The molecule has 20 heavy (non-hydrogen) atoms. The first-order chi connectivity index (χ1) is 9.67. The molecule has 0 aliphatic heterocycles. The van der Waals surface area contributed by atoms with Crippen LogP contribution in [0.15, 0.2) is 30.5 Å². The molecule has 1 aromatic heterocycles. The van der Waals surface area contributed by atoms with E-state index in [-0.39, 0.29) is 18.6 Å². The van der Waals surface area contributed by atoms with Crippen LogP contribution < -0.4 is 5.32 Å². The monoisotopic (exact) mass is 292 g/mol. The minimum Gasteiger partial charge on any atom is -0.396 e. The van der Waals surface area contributed by atoms with Gasteiger partial charge in [-0.3, -0.25) is 4.79 Å². The van der Waals surface area contributed by atoms with Gasteiger partial charge >= 0.3 is 0 Å². The van der Waals surface area contributed by atoms with Gasteiger partial charge in [-0.1, -0.05) is 6.07 Å². The Labute approximate surface area is 123 Å². The number of benzene rings is 1. The lowest BCUT2D eigenvalue weighted by atomic mass is 10.1. The Morgan fingerprint density at radius 3 is 2.95 bits per heavy atom. The van der Waals surface area contributed by atoms with E-state index in [1.165, 1.54) is 0 Å². The number of aryl methyl sites for hydroxylation is 1. The Morgan fingerprint density at radius 2 is 2.25 bits per heavy atom. The van der Waals surface area contributed by atoms with Crippen molar-refractivity contribution in [2.24, 2.45) is 7.05 Å². The first kappa shape index (κ1) is 14.9. The van der Waals surface area contributed by atoms with Crippen molar-refractivity contribution in [1.29, 1.82) is 0 Å². The highest BCUT2D eigenvalue weighted by Crippen LogP contribution is 2.19. The van der Waals surface area contributed by atoms with E-state index < -0.39 is 0 Å². The van der Waals surface area contributed by atoms with Gasteiger partial charge in [-0.05, 0) is 30.9 Å². The van der Waals surface area contributed by atoms with Gasteiger partial charge in [0, 0.05) is 48.1 Å². The van der Waals surface area contributed by atoms with Gasteiger partial charge in [0.25, 0.3) is 5.91 Å². The number of thioether (sulfide) groups is 1. The van der Waals surface area contributed by atoms with Crippen molar-refractivity contribution in [3.05, 3.63) is 36.0 Å². The van der Waals surface area contributed by atoms with E-state index in [1.54, 1.807) is 11.8 Å². The van der Waals surface area contributed by atoms with E-state index in [2.05, 4.69) is 5.32 Å². The summed E-state index contributed by atoms with van der Waals surface area (Å²) in [7, 11) is 1.96. The van der Waals surface area contributed by atoms with Crippen molar-refractivity contribution < 1.29 is 9.90 Å². The first-order valence-electron chi connectivity index (χ1n) is 6.62. The Balaban J connectivity index is 2.22. The molecule has 1 atom stereocenters. The van der Waals surface area contributed by atoms with Gasteiger partial charge in [-0.15, -0.1) is 0 Å². The van der Waals surface area contributed by atoms with Gasteiger partial charge in [-0.2, -0.15) is 11.8 Å². The number of carbonyl (C=O) groups excluding carboxylic acids is 1. The third kappa shape index (κ3) is 3.16. The largest absolute Gasteiger partial charge is 0.396 e. The molecule has 4 nitrogen and oxygen atoms in total. The maximum atomic E-state index is 12.4. The molecule has 1 heterocycles. The average Bonchev–Trinajstić information content (AvgIpc) is 2.81. The molecule has 1 amide bonds. The topological polar surface area (TPSA) is 54.3 Å². The maximum absolute atomic E-state index is 12.4. The summed E-state index contributed by atoms with van der Waals surface area (Å²) in [6.45, 7) is 0.0844. The Kier molecular flexibility index (Phi) is 5.09. The molecule has 1 aromatic carbocycles. The van der Waals surface area contributed by atoms with Crippen LogP contribution in [0.5, 0.6) is 0 Å². The predicted octanol–water partition coefficient (Wildman–Crippen LogP) is 2.02. The molecule has 1 unspecified atom stereocenters. The van der Waals surface area contributed by atoms with Crippen molar-refractivity contribution in [1.82, 2.24) is 9.88 Å². The quantitative estimate of drug-likeness (QED) is 0.856. The van der Waals surface area contributed by atoms with Crippen molar-refractivity contribution in [3.8, 4) is 0 Å². The van der Waals surface area contributed by atoms with Crippen molar-refractivity contribution in [2.75, 3.05) is 18.6 Å². The minimum absolute atomic E-state index is 0.00136. The molecule has 2 N–H and O–H groups in total. The number of fused-ring (bicyclic) bond motifs is 1. The molecule has 0 bridgehead atoms. The van der Waals surface area contributed by atoms with Crippen LogP contribution >= 0.6 is 11.8 Å². The highest BCUT2D eigenvalue weighted by Gasteiger charge is 2.15. The molecule has 0 radical (unpaired) electrons. The molecule has 5 heteroatoms. The SMILES string of the molecule is CSCC(CCO)NC(=O)c1cccc2c1ccn2C. The summed E-state index contributed by atoms with van der Waals surface area (Å²) in [6.07, 6.45) is 4.53. The Hall–Kier alpha value is -1.46. The van der Waals surface area contributed by atoms with E-state index in [1.807, 2.05) is 48.3 Å². The molecule has 0 aliphatic rings. The lowest BCUT2D eigenvalue weighted by molar-refractivity contribution is 0.0937. The predicted molar refractivity (Wildman–Crippen MR) is 84.3 cm³/mol. The molecular weight excluding hydrogens is 272 g/mol. The lowest BCUT2D eigenvalue weighted by Crippen LogP contribution is -2.37. The molecule has 0 saturated carbocycles. The molecule has 2 aromatic rings. The summed E-state index contributed by atoms with van der Waals surface area (Å²) >= 11 is 1.66. The van der Waals surface area contributed by atoms with Gasteiger partial charge in [0.1, 0.15) is 0 Å². The second-order valence-corrected chi connectivity index (χ2v) is 5.71. The first-order valence-corrected chi connectivity index (χ1v) is 8.01. The Bertz CT molecular complexity index is 589. The van der Waals surface area contributed by atoms with Gasteiger partial charge in [-0.25, -0.2) is 0 Å². The number of hydrogen-bond acceptors (Lipinski definition) is 3. The average molecular weight is 292 g/mol. The second-order valence-electron chi connectivity index (χ2n) is 4.80. The van der Waals surface area contributed by atoms with Crippen LogP contribution in [0.2, 0.25) is 0 Å². The molecule has 2 rings (SSSR count). The number of rotatable bonds is 6. The summed E-state index contributed by atoms with van der Waals surface area (Å²) < 4.78 is 2.00. The summed E-state index contributed by atoms with van der Waals surface area (Å²) in [5.74, 6) is 0.728. The van der Waals surface area contributed by atoms with Crippen LogP contribution in [0.1, 0.15) is 16.8 Å². The highest BCUT2D eigenvalue weighted by atomic mass is 32.2. The number of amides is 1. The highest BCUT2D eigenvalue weighted by molar-refractivity contribution is 7.98. The zero-order valence-corrected chi connectivity index (χ0v) is 12.6. The van der Waals surface area contributed by atoms with Gasteiger partial charge in [0.05, 0.1) is 0 Å². The summed E-state index contributed by atoms with van der Waals surface area (Å²) in [6, 6.07) is 7.69. The fourth-order valence-electron chi connectivity index (χ4n) is 2.32. The van der Waals surface area contributed by atoms with E-state index in [0.29, 0.717) is 12.0 Å². The number of aliphatic hydroxyl groups is 1. The van der Waals surface area contributed by atoms with Crippen LogP contribution in [-0.4, -0.2) is 40.2 Å². The van der Waals surface area contributed by atoms with Crippen molar-refractivity contribution in [2.45, 2.75) is 12.5 Å². The maximum Gasteiger partial charge on any atom is 0.252 e. The number of hydrogen-bond donors (Lipinski definition) is 2. The molecule has 0 aliphatic carbocycles. The molecule has 0 fully saturated rings.